The van der Waals surface area contributed by atoms with Crippen molar-refractivity contribution in [2.24, 2.45) is 11.8 Å². The van der Waals surface area contributed by atoms with E-state index in [9.17, 15) is 0 Å². The quantitative estimate of drug-likeness (QED) is 0.722. The molecule has 2 aliphatic carbocycles. The molecule has 1 fully saturated rings. The molecule has 0 amide bonds. The van der Waals surface area contributed by atoms with Gasteiger partial charge < -0.3 is 0 Å². The van der Waals surface area contributed by atoms with Crippen molar-refractivity contribution < 1.29 is 0 Å². The van der Waals surface area contributed by atoms with E-state index in [0.29, 0.717) is 5.92 Å². The average molecular weight is 233 g/mol. The second kappa shape index (κ2) is 3.55. The molecule has 0 spiro atoms. The lowest BCUT2D eigenvalue weighted by Gasteiger charge is -2.19. The summed E-state index contributed by atoms with van der Waals surface area (Å²) in [7, 11) is 0. The topological polar surface area (TPSA) is 12.9 Å². The van der Waals surface area contributed by atoms with E-state index in [1.54, 1.807) is 0 Å². The van der Waals surface area contributed by atoms with Crippen molar-refractivity contribution in [2.45, 2.75) is 11.8 Å². The van der Waals surface area contributed by atoms with E-state index in [1.807, 2.05) is 12.3 Å². The standard InChI is InChI=1S/C17H15N/c1-2-7-13(8-3-1)17(14-9-6-10-15(14)17)16-11-4-5-12-18-16/h1-9,11-12,14-15H,10H2/t14-,15+,17-/m1/s1. The molecular weight excluding hydrogens is 218 g/mol. The van der Waals surface area contributed by atoms with Gasteiger partial charge >= 0.3 is 0 Å². The molecule has 1 nitrogen and oxygen atoms in total. The molecule has 0 bridgehead atoms. The second-order valence-electron chi connectivity index (χ2n) is 5.25. The second-order valence-corrected chi connectivity index (χ2v) is 5.25. The monoisotopic (exact) mass is 233 g/mol. The largest absolute Gasteiger partial charge is 0.260 e. The summed E-state index contributed by atoms with van der Waals surface area (Å²) in [5.41, 5.74) is 2.80. The van der Waals surface area contributed by atoms with Crippen LogP contribution in [-0.2, 0) is 5.41 Å². The average Bonchev–Trinajstić information content (AvgIpc) is 2.82. The van der Waals surface area contributed by atoms with Crippen LogP contribution in [0.25, 0.3) is 0 Å². The number of rotatable bonds is 2. The van der Waals surface area contributed by atoms with E-state index in [4.69, 9.17) is 0 Å². The smallest absolute Gasteiger partial charge is 0.0518 e. The number of hydrogen-bond acceptors (Lipinski definition) is 1. The lowest BCUT2D eigenvalue weighted by Crippen LogP contribution is -2.16. The van der Waals surface area contributed by atoms with Gasteiger partial charge in [-0.3, -0.25) is 4.98 Å². The normalized spacial score (nSPS) is 32.2. The Balaban J connectivity index is 1.90. The third kappa shape index (κ3) is 1.14. The molecule has 0 aliphatic heterocycles. The first kappa shape index (κ1) is 10.1. The Bertz CT molecular complexity index is 546. The van der Waals surface area contributed by atoms with Gasteiger partial charge in [-0.15, -0.1) is 0 Å². The van der Waals surface area contributed by atoms with Crippen molar-refractivity contribution in [3.8, 4) is 0 Å². The maximum absolute atomic E-state index is 4.64. The molecule has 1 aromatic heterocycles. The zero-order chi connectivity index (χ0) is 12.0. The van der Waals surface area contributed by atoms with Crippen molar-refractivity contribution >= 4 is 0 Å². The van der Waals surface area contributed by atoms with Crippen LogP contribution in [0.15, 0.2) is 66.9 Å². The minimum absolute atomic E-state index is 0.150. The van der Waals surface area contributed by atoms with Crippen LogP contribution >= 0.6 is 0 Å². The van der Waals surface area contributed by atoms with Crippen LogP contribution in [0.4, 0.5) is 0 Å². The van der Waals surface area contributed by atoms with Gasteiger partial charge in [0.15, 0.2) is 0 Å². The summed E-state index contributed by atoms with van der Waals surface area (Å²) >= 11 is 0. The van der Waals surface area contributed by atoms with Gasteiger partial charge in [0.25, 0.3) is 0 Å². The Kier molecular flexibility index (Phi) is 1.99. The van der Waals surface area contributed by atoms with Crippen LogP contribution in [0.5, 0.6) is 0 Å². The first-order valence-electron chi connectivity index (χ1n) is 6.58. The fraction of sp³-hybridized carbons (Fsp3) is 0.235. The summed E-state index contributed by atoms with van der Waals surface area (Å²) in [5, 5.41) is 0. The van der Waals surface area contributed by atoms with Crippen molar-refractivity contribution in [1.29, 1.82) is 0 Å². The van der Waals surface area contributed by atoms with Crippen LogP contribution < -0.4 is 0 Å². The molecule has 0 unspecified atom stereocenters. The van der Waals surface area contributed by atoms with Crippen LogP contribution in [0.1, 0.15) is 17.7 Å². The van der Waals surface area contributed by atoms with Gasteiger partial charge in [0.1, 0.15) is 0 Å². The zero-order valence-corrected chi connectivity index (χ0v) is 10.2. The molecule has 0 N–H and O–H groups in total. The van der Waals surface area contributed by atoms with Gasteiger partial charge in [0.05, 0.1) is 5.69 Å². The van der Waals surface area contributed by atoms with Gasteiger partial charge in [-0.2, -0.15) is 0 Å². The molecule has 0 saturated heterocycles. The third-order valence-corrected chi connectivity index (χ3v) is 4.51. The summed E-state index contributed by atoms with van der Waals surface area (Å²) < 4.78 is 0. The van der Waals surface area contributed by atoms with Crippen LogP contribution in [0, 0.1) is 11.8 Å². The molecule has 18 heavy (non-hydrogen) atoms. The van der Waals surface area contributed by atoms with Crippen molar-refractivity contribution in [3.63, 3.8) is 0 Å². The molecule has 1 heterocycles. The lowest BCUT2D eigenvalue weighted by molar-refractivity contribution is 0.676. The molecular formula is C17H15N. The Labute approximate surface area is 107 Å². The number of aromatic nitrogens is 1. The van der Waals surface area contributed by atoms with Crippen molar-refractivity contribution in [3.05, 3.63) is 78.1 Å². The van der Waals surface area contributed by atoms with Crippen LogP contribution in [-0.4, -0.2) is 4.98 Å². The van der Waals surface area contributed by atoms with Gasteiger partial charge in [0, 0.05) is 11.6 Å². The predicted molar refractivity (Wildman–Crippen MR) is 72.2 cm³/mol. The van der Waals surface area contributed by atoms with E-state index in [0.717, 1.165) is 5.92 Å². The first-order chi connectivity index (χ1) is 8.94. The van der Waals surface area contributed by atoms with Crippen LogP contribution in [0.2, 0.25) is 0 Å². The molecule has 88 valence electrons. The van der Waals surface area contributed by atoms with E-state index in [2.05, 4.69) is 59.6 Å². The number of pyridine rings is 1. The highest BCUT2D eigenvalue weighted by atomic mass is 14.8. The van der Waals surface area contributed by atoms with Gasteiger partial charge in [0.2, 0.25) is 0 Å². The summed E-state index contributed by atoms with van der Waals surface area (Å²) in [4.78, 5) is 4.64. The Hall–Kier alpha value is -1.89. The molecule has 0 radical (unpaired) electrons. The lowest BCUT2D eigenvalue weighted by atomic mass is 9.86. The Morgan fingerprint density at radius 1 is 1.00 bits per heavy atom. The van der Waals surface area contributed by atoms with E-state index < -0.39 is 0 Å². The van der Waals surface area contributed by atoms with E-state index >= 15 is 0 Å². The highest BCUT2D eigenvalue weighted by molar-refractivity contribution is 5.51. The summed E-state index contributed by atoms with van der Waals surface area (Å²) in [6.07, 6.45) is 7.81. The summed E-state index contributed by atoms with van der Waals surface area (Å²) in [6.45, 7) is 0. The van der Waals surface area contributed by atoms with E-state index in [-0.39, 0.29) is 5.41 Å². The van der Waals surface area contributed by atoms with Gasteiger partial charge in [-0.1, -0.05) is 48.6 Å². The molecule has 1 aromatic carbocycles. The first-order valence-corrected chi connectivity index (χ1v) is 6.58. The SMILES string of the molecule is C1=C[C@@H]2[C@H](C1)[C@]2(c1ccccc1)c1ccccn1. The Morgan fingerprint density at radius 3 is 2.50 bits per heavy atom. The number of allylic oxidation sites excluding steroid dienone is 2. The molecule has 2 aliphatic rings. The molecule has 2 aromatic rings. The summed E-state index contributed by atoms with van der Waals surface area (Å²) in [5.74, 6) is 1.37. The minimum atomic E-state index is 0.150. The van der Waals surface area contributed by atoms with Gasteiger partial charge in [-0.05, 0) is 36.0 Å². The minimum Gasteiger partial charge on any atom is -0.260 e. The fourth-order valence-corrected chi connectivity index (χ4v) is 3.72. The Morgan fingerprint density at radius 2 is 1.83 bits per heavy atom. The number of benzene rings is 1. The summed E-state index contributed by atoms with van der Waals surface area (Å²) in [6, 6.07) is 17.1. The van der Waals surface area contributed by atoms with Crippen LogP contribution in [0.3, 0.4) is 0 Å². The zero-order valence-electron chi connectivity index (χ0n) is 10.2. The van der Waals surface area contributed by atoms with Gasteiger partial charge in [-0.25, -0.2) is 0 Å². The molecule has 1 heteroatoms. The molecule has 3 atom stereocenters. The maximum atomic E-state index is 4.64. The highest BCUT2D eigenvalue weighted by Gasteiger charge is 2.66. The highest BCUT2D eigenvalue weighted by Crippen LogP contribution is 2.67. The van der Waals surface area contributed by atoms with E-state index in [1.165, 1.54) is 17.7 Å². The number of fused-ring (bicyclic) bond motifs is 1. The molecule has 1 saturated carbocycles. The number of hydrogen-bond donors (Lipinski definition) is 0. The maximum Gasteiger partial charge on any atom is 0.0518 e. The van der Waals surface area contributed by atoms with Crippen molar-refractivity contribution in [1.82, 2.24) is 4.98 Å². The predicted octanol–water partition coefficient (Wildman–Crippen LogP) is 3.57. The molecule has 4 rings (SSSR count). The fourth-order valence-electron chi connectivity index (χ4n) is 3.72. The van der Waals surface area contributed by atoms with Crippen molar-refractivity contribution in [2.75, 3.05) is 0 Å². The third-order valence-electron chi connectivity index (χ3n) is 4.51. The number of nitrogens with zero attached hydrogens (tertiary/aromatic N) is 1.